The molecular formula is C20H28FN3O. The van der Waals surface area contributed by atoms with Crippen LogP contribution in [0.5, 0.6) is 0 Å². The summed E-state index contributed by atoms with van der Waals surface area (Å²) in [5, 5.41) is 15.2. The Labute approximate surface area is 149 Å². The predicted molar refractivity (Wildman–Crippen MR) is 96.8 cm³/mol. The average molecular weight is 345 g/mol. The number of hydrogen-bond donors (Lipinski definition) is 1. The molecule has 1 aliphatic rings. The highest BCUT2D eigenvalue weighted by atomic mass is 19.1. The zero-order chi connectivity index (χ0) is 18.0. The lowest BCUT2D eigenvalue weighted by Crippen LogP contribution is -2.30. The van der Waals surface area contributed by atoms with Crippen molar-refractivity contribution in [3.63, 3.8) is 0 Å². The van der Waals surface area contributed by atoms with Crippen molar-refractivity contribution < 1.29 is 9.50 Å². The summed E-state index contributed by atoms with van der Waals surface area (Å²) >= 11 is 0. The van der Waals surface area contributed by atoms with Crippen LogP contribution in [0.4, 0.5) is 4.39 Å². The van der Waals surface area contributed by atoms with E-state index in [2.05, 4.69) is 35.5 Å². The maximum absolute atomic E-state index is 13.1. The van der Waals surface area contributed by atoms with E-state index >= 15 is 0 Å². The molecule has 2 heterocycles. The van der Waals surface area contributed by atoms with Crippen LogP contribution in [0.15, 0.2) is 24.3 Å². The molecule has 136 valence electrons. The number of aromatic nitrogens is 2. The molecule has 0 radical (unpaired) electrons. The Morgan fingerprint density at radius 1 is 1.28 bits per heavy atom. The fourth-order valence-electron chi connectivity index (χ4n) is 3.92. The molecule has 1 saturated heterocycles. The second-order valence-electron chi connectivity index (χ2n) is 7.03. The largest absolute Gasteiger partial charge is 0.388 e. The molecule has 1 aromatic carbocycles. The van der Waals surface area contributed by atoms with E-state index in [4.69, 9.17) is 0 Å². The van der Waals surface area contributed by atoms with Gasteiger partial charge in [-0.05, 0) is 64.3 Å². The number of benzene rings is 1. The molecule has 4 nitrogen and oxygen atoms in total. The molecule has 0 saturated carbocycles. The molecule has 0 aliphatic carbocycles. The first-order chi connectivity index (χ1) is 12.0. The molecule has 1 aliphatic heterocycles. The summed E-state index contributed by atoms with van der Waals surface area (Å²) in [6.07, 6.45) is 2.39. The molecule has 1 N–H and O–H groups in total. The number of nitrogens with zero attached hydrogens (tertiary/aromatic N) is 3. The molecule has 0 bridgehead atoms. The van der Waals surface area contributed by atoms with E-state index in [-0.39, 0.29) is 5.82 Å². The Kier molecular flexibility index (Phi) is 5.54. The van der Waals surface area contributed by atoms with Crippen molar-refractivity contribution in [1.29, 1.82) is 0 Å². The lowest BCUT2D eigenvalue weighted by Gasteiger charge is -2.26. The Balaban J connectivity index is 1.68. The van der Waals surface area contributed by atoms with Crippen molar-refractivity contribution in [2.75, 3.05) is 6.54 Å². The Bertz CT molecular complexity index is 710. The normalized spacial score (nSPS) is 19.5. The van der Waals surface area contributed by atoms with Crippen LogP contribution < -0.4 is 0 Å². The summed E-state index contributed by atoms with van der Waals surface area (Å²) in [5.74, 6) is -0.266. The van der Waals surface area contributed by atoms with E-state index < -0.39 is 6.10 Å². The molecule has 2 unspecified atom stereocenters. The monoisotopic (exact) mass is 345 g/mol. The number of aliphatic hydroxyl groups excluding tert-OH is 1. The van der Waals surface area contributed by atoms with Crippen molar-refractivity contribution in [3.05, 3.63) is 52.6 Å². The summed E-state index contributed by atoms with van der Waals surface area (Å²) in [6, 6.07) is 6.54. The van der Waals surface area contributed by atoms with E-state index in [0.717, 1.165) is 43.7 Å². The molecule has 2 aromatic rings. The maximum atomic E-state index is 13.1. The van der Waals surface area contributed by atoms with E-state index in [1.807, 2.05) is 0 Å². The van der Waals surface area contributed by atoms with Gasteiger partial charge in [-0.2, -0.15) is 5.10 Å². The molecule has 3 rings (SSSR count). The summed E-state index contributed by atoms with van der Waals surface area (Å²) < 4.78 is 15.1. The van der Waals surface area contributed by atoms with Crippen molar-refractivity contribution in [1.82, 2.24) is 14.7 Å². The lowest BCUT2D eigenvalue weighted by atomic mass is 10.00. The third kappa shape index (κ3) is 3.93. The van der Waals surface area contributed by atoms with Crippen LogP contribution in [-0.4, -0.2) is 32.4 Å². The van der Waals surface area contributed by atoms with Gasteiger partial charge in [-0.15, -0.1) is 0 Å². The van der Waals surface area contributed by atoms with Crippen molar-refractivity contribution in [2.24, 2.45) is 0 Å². The molecular weight excluding hydrogens is 317 g/mol. The summed E-state index contributed by atoms with van der Waals surface area (Å²) in [5.41, 5.74) is 4.44. The number of hydrogen-bond acceptors (Lipinski definition) is 3. The zero-order valence-electron chi connectivity index (χ0n) is 15.4. The molecule has 1 fully saturated rings. The van der Waals surface area contributed by atoms with Gasteiger partial charge in [0.25, 0.3) is 0 Å². The van der Waals surface area contributed by atoms with Gasteiger partial charge < -0.3 is 5.11 Å². The fraction of sp³-hybridized carbons (Fsp3) is 0.550. The number of likely N-dealkylation sites (tertiary alicyclic amines) is 1. The molecule has 1 aromatic heterocycles. The van der Waals surface area contributed by atoms with E-state index in [1.54, 1.807) is 12.1 Å². The van der Waals surface area contributed by atoms with Crippen molar-refractivity contribution >= 4 is 0 Å². The van der Waals surface area contributed by atoms with Crippen LogP contribution in [0, 0.1) is 19.7 Å². The average Bonchev–Trinajstić information content (AvgIpc) is 3.14. The molecule has 25 heavy (non-hydrogen) atoms. The van der Waals surface area contributed by atoms with E-state index in [9.17, 15) is 9.50 Å². The number of aliphatic hydroxyl groups is 1. The van der Waals surface area contributed by atoms with Gasteiger partial charge in [-0.1, -0.05) is 12.1 Å². The topological polar surface area (TPSA) is 41.3 Å². The summed E-state index contributed by atoms with van der Waals surface area (Å²) in [4.78, 5) is 2.46. The summed E-state index contributed by atoms with van der Waals surface area (Å²) in [7, 11) is 0. The quantitative estimate of drug-likeness (QED) is 0.867. The minimum atomic E-state index is -0.549. The highest BCUT2D eigenvalue weighted by Gasteiger charge is 2.28. The van der Waals surface area contributed by atoms with Gasteiger partial charge in [-0.25, -0.2) is 4.39 Å². The minimum Gasteiger partial charge on any atom is -0.388 e. The van der Waals surface area contributed by atoms with Crippen LogP contribution in [-0.2, 0) is 13.1 Å². The minimum absolute atomic E-state index is 0.266. The molecule has 2 atom stereocenters. The SMILES string of the molecule is CCn1nc(C)c(CN2CCCC2CC(O)c2ccc(F)cc2)c1C. The van der Waals surface area contributed by atoms with E-state index in [1.165, 1.54) is 23.4 Å². The van der Waals surface area contributed by atoms with Crippen LogP contribution in [0.2, 0.25) is 0 Å². The zero-order valence-corrected chi connectivity index (χ0v) is 15.4. The van der Waals surface area contributed by atoms with E-state index in [0.29, 0.717) is 12.5 Å². The Morgan fingerprint density at radius 3 is 2.64 bits per heavy atom. The van der Waals surface area contributed by atoms with Gasteiger partial charge >= 0.3 is 0 Å². The number of halogens is 1. The lowest BCUT2D eigenvalue weighted by molar-refractivity contribution is 0.117. The fourth-order valence-corrected chi connectivity index (χ4v) is 3.92. The van der Waals surface area contributed by atoms with Crippen molar-refractivity contribution in [3.8, 4) is 0 Å². The standard InChI is InChI=1S/C20H28FN3O/c1-4-24-15(3)19(14(2)22-24)13-23-11-5-6-18(23)12-20(25)16-7-9-17(21)10-8-16/h7-10,18,20,25H,4-6,11-13H2,1-3H3. The van der Waals surface area contributed by atoms with Crippen molar-refractivity contribution in [2.45, 2.75) is 65.3 Å². The smallest absolute Gasteiger partial charge is 0.123 e. The first-order valence-electron chi connectivity index (χ1n) is 9.20. The predicted octanol–water partition coefficient (Wildman–Crippen LogP) is 3.75. The van der Waals surface area contributed by atoms with Gasteiger partial charge in [0, 0.05) is 30.4 Å². The van der Waals surface area contributed by atoms with Gasteiger partial charge in [0.2, 0.25) is 0 Å². The Hall–Kier alpha value is -1.72. The van der Waals surface area contributed by atoms with Crippen LogP contribution in [0.25, 0.3) is 0 Å². The number of rotatable bonds is 6. The molecule has 0 amide bonds. The first kappa shape index (κ1) is 18.1. The van der Waals surface area contributed by atoms with Gasteiger partial charge in [0.15, 0.2) is 0 Å². The van der Waals surface area contributed by atoms with Crippen LogP contribution in [0.3, 0.4) is 0 Å². The highest BCUT2D eigenvalue weighted by Crippen LogP contribution is 2.29. The second-order valence-corrected chi connectivity index (χ2v) is 7.03. The third-order valence-electron chi connectivity index (χ3n) is 5.44. The van der Waals surface area contributed by atoms with Crippen LogP contribution >= 0.6 is 0 Å². The van der Waals surface area contributed by atoms with Gasteiger partial charge in [0.05, 0.1) is 11.8 Å². The molecule has 5 heteroatoms. The first-order valence-corrected chi connectivity index (χ1v) is 9.20. The second kappa shape index (κ2) is 7.67. The third-order valence-corrected chi connectivity index (χ3v) is 5.44. The van der Waals surface area contributed by atoms with Gasteiger partial charge in [0.1, 0.15) is 5.82 Å². The summed E-state index contributed by atoms with van der Waals surface area (Å²) in [6.45, 7) is 9.15. The maximum Gasteiger partial charge on any atom is 0.123 e. The number of aryl methyl sites for hydroxylation is 2. The van der Waals surface area contributed by atoms with Crippen LogP contribution in [0.1, 0.15) is 54.8 Å². The Morgan fingerprint density at radius 2 is 2.00 bits per heavy atom. The highest BCUT2D eigenvalue weighted by molar-refractivity contribution is 5.25. The van der Waals surface area contributed by atoms with Gasteiger partial charge in [-0.3, -0.25) is 9.58 Å². The molecule has 0 spiro atoms.